The van der Waals surface area contributed by atoms with Gasteiger partial charge in [-0.2, -0.15) is 0 Å². The largest absolute Gasteiger partial charge is 0.448 e. The van der Waals surface area contributed by atoms with Crippen molar-refractivity contribution < 1.29 is 9.53 Å². The van der Waals surface area contributed by atoms with Gasteiger partial charge in [-0.25, -0.2) is 4.79 Å². The molecule has 0 saturated carbocycles. The van der Waals surface area contributed by atoms with E-state index in [0.717, 1.165) is 12.8 Å². The van der Waals surface area contributed by atoms with E-state index in [-0.39, 0.29) is 11.0 Å². The molecule has 1 unspecified atom stereocenters. The Morgan fingerprint density at radius 3 is 1.73 bits per heavy atom. The van der Waals surface area contributed by atoms with Gasteiger partial charge in [-0.05, 0) is 28.8 Å². The van der Waals surface area contributed by atoms with E-state index in [2.05, 4.69) is 29.4 Å². The summed E-state index contributed by atoms with van der Waals surface area (Å²) in [7, 11) is 0. The van der Waals surface area contributed by atoms with Crippen LogP contribution in [0.3, 0.4) is 0 Å². The van der Waals surface area contributed by atoms with Gasteiger partial charge in [-0.15, -0.1) is 0 Å². The van der Waals surface area contributed by atoms with Gasteiger partial charge in [0.1, 0.15) is 0 Å². The van der Waals surface area contributed by atoms with E-state index in [1.54, 1.807) is 0 Å². The number of esters is 1. The SMILES string of the molecule is C=CC(=O)OC(Br)CCCCCCCCCCCCCCC. The van der Waals surface area contributed by atoms with Crippen LogP contribution in [0.15, 0.2) is 12.7 Å². The van der Waals surface area contributed by atoms with Crippen LogP contribution in [0.5, 0.6) is 0 Å². The number of rotatable bonds is 16. The summed E-state index contributed by atoms with van der Waals surface area (Å²) in [6.45, 7) is 5.66. The van der Waals surface area contributed by atoms with Crippen LogP contribution in [0, 0.1) is 0 Å². The van der Waals surface area contributed by atoms with Gasteiger partial charge in [-0.1, -0.05) is 90.6 Å². The molecule has 1 atom stereocenters. The molecule has 3 heteroatoms. The van der Waals surface area contributed by atoms with Crippen LogP contribution in [0.4, 0.5) is 0 Å². The van der Waals surface area contributed by atoms with Crippen molar-refractivity contribution in [1.82, 2.24) is 0 Å². The second-order valence-electron chi connectivity index (χ2n) is 6.08. The van der Waals surface area contributed by atoms with Gasteiger partial charge in [0.25, 0.3) is 0 Å². The van der Waals surface area contributed by atoms with Crippen LogP contribution in [0.1, 0.15) is 96.8 Å². The van der Waals surface area contributed by atoms with Crippen LogP contribution >= 0.6 is 15.9 Å². The highest BCUT2D eigenvalue weighted by atomic mass is 79.9. The van der Waals surface area contributed by atoms with Crippen LogP contribution in [0.2, 0.25) is 0 Å². The van der Waals surface area contributed by atoms with Crippen molar-refractivity contribution in [2.75, 3.05) is 0 Å². The molecular weight excluding hydrogens is 340 g/mol. The lowest BCUT2D eigenvalue weighted by molar-refractivity contribution is -0.139. The van der Waals surface area contributed by atoms with Gasteiger partial charge < -0.3 is 4.74 Å². The molecule has 22 heavy (non-hydrogen) atoms. The van der Waals surface area contributed by atoms with Gasteiger partial charge in [0.05, 0.1) is 0 Å². The predicted molar refractivity (Wildman–Crippen MR) is 99.3 cm³/mol. The fourth-order valence-corrected chi connectivity index (χ4v) is 3.06. The number of hydrogen-bond acceptors (Lipinski definition) is 2. The Kier molecular flexibility index (Phi) is 16.8. The zero-order chi connectivity index (χ0) is 16.5. The van der Waals surface area contributed by atoms with Crippen molar-refractivity contribution in [3.63, 3.8) is 0 Å². The predicted octanol–water partition coefficient (Wildman–Crippen LogP) is 6.92. The lowest BCUT2D eigenvalue weighted by Crippen LogP contribution is -2.09. The van der Waals surface area contributed by atoms with E-state index in [4.69, 9.17) is 4.74 Å². The second kappa shape index (κ2) is 17.1. The van der Waals surface area contributed by atoms with E-state index < -0.39 is 0 Å². The van der Waals surface area contributed by atoms with E-state index in [9.17, 15) is 4.79 Å². The summed E-state index contributed by atoms with van der Waals surface area (Å²) in [5.41, 5.74) is 0. The molecule has 0 saturated heterocycles. The van der Waals surface area contributed by atoms with Crippen molar-refractivity contribution >= 4 is 21.9 Å². The monoisotopic (exact) mass is 374 g/mol. The van der Waals surface area contributed by atoms with Crippen LogP contribution in [-0.2, 0) is 9.53 Å². The van der Waals surface area contributed by atoms with E-state index in [0.29, 0.717) is 0 Å². The third-order valence-electron chi connectivity index (χ3n) is 3.95. The normalized spacial score (nSPS) is 12.1. The Labute approximate surface area is 146 Å². The van der Waals surface area contributed by atoms with Gasteiger partial charge >= 0.3 is 5.97 Å². The number of carbonyl (C=O) groups is 1. The van der Waals surface area contributed by atoms with Crippen molar-refractivity contribution in [3.05, 3.63) is 12.7 Å². The Morgan fingerprint density at radius 2 is 1.32 bits per heavy atom. The fraction of sp³-hybridized carbons (Fsp3) is 0.842. The fourth-order valence-electron chi connectivity index (χ4n) is 2.56. The number of carbonyl (C=O) groups excluding carboxylic acids is 1. The van der Waals surface area contributed by atoms with Gasteiger partial charge in [0, 0.05) is 6.08 Å². The van der Waals surface area contributed by atoms with Crippen molar-refractivity contribution in [3.8, 4) is 0 Å². The van der Waals surface area contributed by atoms with Crippen molar-refractivity contribution in [2.24, 2.45) is 0 Å². The number of hydrogen-bond donors (Lipinski definition) is 0. The number of unbranched alkanes of at least 4 members (excludes halogenated alkanes) is 12. The third kappa shape index (κ3) is 16.1. The molecule has 0 aromatic carbocycles. The van der Waals surface area contributed by atoms with E-state index in [1.807, 2.05) is 0 Å². The zero-order valence-electron chi connectivity index (χ0n) is 14.5. The average molecular weight is 375 g/mol. The zero-order valence-corrected chi connectivity index (χ0v) is 16.0. The Balaban J connectivity index is 3.14. The molecule has 0 aliphatic carbocycles. The molecule has 0 aliphatic heterocycles. The summed E-state index contributed by atoms with van der Waals surface area (Å²) in [4.78, 5) is 11.0. The molecule has 0 fully saturated rings. The molecular formula is C19H35BrO2. The minimum atomic E-state index is -0.350. The summed E-state index contributed by atoms with van der Waals surface area (Å²) < 4.78 is 5.07. The molecule has 0 rings (SSSR count). The first-order chi connectivity index (χ1) is 10.7. The topological polar surface area (TPSA) is 26.3 Å². The molecule has 0 N–H and O–H groups in total. The van der Waals surface area contributed by atoms with Crippen molar-refractivity contribution in [1.29, 1.82) is 0 Å². The highest BCUT2D eigenvalue weighted by molar-refractivity contribution is 9.09. The second-order valence-corrected chi connectivity index (χ2v) is 7.10. The smallest absolute Gasteiger partial charge is 0.331 e. The Bertz CT molecular complexity index is 266. The molecule has 0 aromatic heterocycles. The highest BCUT2D eigenvalue weighted by Crippen LogP contribution is 2.16. The maximum absolute atomic E-state index is 11.0. The standard InChI is InChI=1S/C19H35BrO2/c1-3-5-6-7-8-9-10-11-12-13-14-15-16-17-18(20)22-19(21)4-2/h4,18H,2-3,5-17H2,1H3. The van der Waals surface area contributed by atoms with Gasteiger partial charge in [0.2, 0.25) is 0 Å². The molecule has 0 spiro atoms. The summed E-state index contributed by atoms with van der Waals surface area (Å²) in [6.07, 6.45) is 19.7. The number of halogens is 1. The average Bonchev–Trinajstić information content (AvgIpc) is 2.51. The summed E-state index contributed by atoms with van der Waals surface area (Å²) >= 11 is 3.36. The third-order valence-corrected chi connectivity index (χ3v) is 4.59. The van der Waals surface area contributed by atoms with Gasteiger partial charge in [-0.3, -0.25) is 0 Å². The maximum Gasteiger partial charge on any atom is 0.331 e. The summed E-state index contributed by atoms with van der Waals surface area (Å²) in [5, 5.41) is -0.161. The van der Waals surface area contributed by atoms with Gasteiger partial charge in [0.15, 0.2) is 5.01 Å². The molecule has 0 amide bonds. The van der Waals surface area contributed by atoms with E-state index in [1.165, 1.54) is 83.1 Å². The Hall–Kier alpha value is -0.310. The minimum Gasteiger partial charge on any atom is -0.448 e. The molecule has 130 valence electrons. The van der Waals surface area contributed by atoms with Crippen LogP contribution in [-0.4, -0.2) is 11.0 Å². The first kappa shape index (κ1) is 21.7. The molecule has 0 radical (unpaired) electrons. The maximum atomic E-state index is 11.0. The lowest BCUT2D eigenvalue weighted by Gasteiger charge is -2.09. The van der Waals surface area contributed by atoms with Crippen LogP contribution in [0.25, 0.3) is 0 Å². The first-order valence-electron chi connectivity index (χ1n) is 9.17. The number of alkyl halides is 1. The van der Waals surface area contributed by atoms with Crippen molar-refractivity contribution in [2.45, 2.75) is 102 Å². The Morgan fingerprint density at radius 1 is 0.909 bits per heavy atom. The summed E-state index contributed by atoms with van der Waals surface area (Å²) in [5.74, 6) is -0.350. The van der Waals surface area contributed by atoms with Crippen LogP contribution < -0.4 is 0 Å². The lowest BCUT2D eigenvalue weighted by atomic mass is 10.0. The molecule has 2 nitrogen and oxygen atoms in total. The molecule has 0 bridgehead atoms. The molecule has 0 aliphatic rings. The minimum absolute atomic E-state index is 0.161. The highest BCUT2D eigenvalue weighted by Gasteiger charge is 2.07. The molecule has 0 aromatic rings. The molecule has 0 heterocycles. The number of ether oxygens (including phenoxy) is 1. The summed E-state index contributed by atoms with van der Waals surface area (Å²) in [6, 6.07) is 0. The quantitative estimate of drug-likeness (QED) is 0.127. The first-order valence-corrected chi connectivity index (χ1v) is 10.1. The van der Waals surface area contributed by atoms with E-state index >= 15 is 0 Å².